The fourth-order valence-corrected chi connectivity index (χ4v) is 1.68. The van der Waals surface area contributed by atoms with Crippen molar-refractivity contribution in [3.63, 3.8) is 0 Å². The average molecular weight is 287 g/mol. The molecule has 1 atom stereocenters. The first-order valence-corrected chi connectivity index (χ1v) is 5.59. The fourth-order valence-electron chi connectivity index (χ4n) is 1.55. The van der Waals surface area contributed by atoms with E-state index in [1.165, 1.54) is 19.2 Å². The minimum atomic E-state index is -1.38. The van der Waals surface area contributed by atoms with E-state index in [4.69, 9.17) is 11.6 Å². The van der Waals surface area contributed by atoms with Gasteiger partial charge in [0.2, 0.25) is 5.28 Å². The van der Waals surface area contributed by atoms with Crippen molar-refractivity contribution < 1.29 is 18.6 Å². The molecule has 2 rings (SSSR count). The van der Waals surface area contributed by atoms with Gasteiger partial charge in [0, 0.05) is 18.2 Å². The van der Waals surface area contributed by atoms with Crippen LogP contribution in [0, 0.1) is 11.6 Å². The Bertz CT molecular complexity index is 610. The summed E-state index contributed by atoms with van der Waals surface area (Å²) < 4.78 is 31.9. The monoisotopic (exact) mass is 286 g/mol. The van der Waals surface area contributed by atoms with E-state index >= 15 is 0 Å². The lowest BCUT2D eigenvalue weighted by Crippen LogP contribution is -2.03. The van der Waals surface area contributed by atoms with E-state index in [2.05, 4.69) is 14.7 Å². The molecule has 0 aliphatic carbocycles. The van der Waals surface area contributed by atoms with Crippen LogP contribution in [-0.4, -0.2) is 22.2 Å². The number of methoxy groups -OCH3 is 1. The molecule has 1 heterocycles. The van der Waals surface area contributed by atoms with Gasteiger partial charge in [0.25, 0.3) is 0 Å². The molecular formula is C12H9ClF2N2O2. The highest BCUT2D eigenvalue weighted by atomic mass is 35.5. The zero-order valence-corrected chi connectivity index (χ0v) is 10.5. The lowest BCUT2D eigenvalue weighted by Gasteiger charge is -2.11. The summed E-state index contributed by atoms with van der Waals surface area (Å²) in [7, 11) is 1.24. The summed E-state index contributed by atoms with van der Waals surface area (Å²) in [6, 6.07) is 3.73. The molecule has 4 nitrogen and oxygen atoms in total. The first-order valence-electron chi connectivity index (χ1n) is 5.21. The number of aliphatic hydroxyl groups excluding tert-OH is 1. The molecule has 0 bridgehead atoms. The molecule has 0 spiro atoms. The second-order valence-electron chi connectivity index (χ2n) is 3.66. The minimum Gasteiger partial charge on any atom is -0.364 e. The molecule has 19 heavy (non-hydrogen) atoms. The minimum absolute atomic E-state index is 0.0492. The highest BCUT2D eigenvalue weighted by Crippen LogP contribution is 2.26. The van der Waals surface area contributed by atoms with Gasteiger partial charge in [-0.15, -0.1) is 0 Å². The van der Waals surface area contributed by atoms with E-state index in [1.807, 2.05) is 0 Å². The van der Waals surface area contributed by atoms with Crippen molar-refractivity contribution in [1.29, 1.82) is 0 Å². The quantitative estimate of drug-likeness (QED) is 0.696. The first kappa shape index (κ1) is 13.8. The van der Waals surface area contributed by atoms with Crippen LogP contribution in [0.1, 0.15) is 11.9 Å². The van der Waals surface area contributed by atoms with E-state index < -0.39 is 17.9 Å². The highest BCUT2D eigenvalue weighted by Gasteiger charge is 2.15. The summed E-state index contributed by atoms with van der Waals surface area (Å²) in [6.07, 6.45) is -0.478. The predicted molar refractivity (Wildman–Crippen MR) is 64.4 cm³/mol. The average Bonchev–Trinajstić information content (AvgIpc) is 2.40. The number of benzene rings is 1. The van der Waals surface area contributed by atoms with Crippen molar-refractivity contribution in [1.82, 2.24) is 9.97 Å². The van der Waals surface area contributed by atoms with Gasteiger partial charge in [-0.1, -0.05) is 12.1 Å². The van der Waals surface area contributed by atoms with Crippen LogP contribution in [0.5, 0.6) is 0 Å². The number of nitrogens with zero attached hydrogens (tertiary/aromatic N) is 2. The smallest absolute Gasteiger partial charge is 0.223 e. The third-order valence-corrected chi connectivity index (χ3v) is 2.66. The topological polar surface area (TPSA) is 55.2 Å². The maximum absolute atomic E-state index is 13.8. The lowest BCUT2D eigenvalue weighted by molar-refractivity contribution is -0.0790. The van der Waals surface area contributed by atoms with Gasteiger partial charge in [-0.3, -0.25) is 0 Å². The van der Waals surface area contributed by atoms with Crippen LogP contribution in [0.25, 0.3) is 11.3 Å². The van der Waals surface area contributed by atoms with Crippen molar-refractivity contribution in [3.8, 4) is 11.3 Å². The summed E-state index contributed by atoms with van der Waals surface area (Å²) >= 11 is 5.57. The van der Waals surface area contributed by atoms with E-state index in [9.17, 15) is 13.9 Å². The largest absolute Gasteiger partial charge is 0.364 e. The maximum Gasteiger partial charge on any atom is 0.223 e. The Kier molecular flexibility index (Phi) is 4.04. The number of rotatable bonds is 3. The van der Waals surface area contributed by atoms with Crippen LogP contribution in [0.3, 0.4) is 0 Å². The molecule has 0 radical (unpaired) electrons. The van der Waals surface area contributed by atoms with Crippen molar-refractivity contribution in [2.24, 2.45) is 0 Å². The highest BCUT2D eigenvalue weighted by molar-refractivity contribution is 6.28. The Morgan fingerprint density at radius 2 is 2.05 bits per heavy atom. The fraction of sp³-hybridized carbons (Fsp3) is 0.167. The van der Waals surface area contributed by atoms with Crippen molar-refractivity contribution in [2.45, 2.75) is 6.29 Å². The summed E-state index contributed by atoms with van der Waals surface area (Å²) in [5.41, 5.74) is 0.0236. The van der Waals surface area contributed by atoms with Crippen LogP contribution in [0.15, 0.2) is 24.4 Å². The first-order chi connectivity index (χ1) is 9.02. The van der Waals surface area contributed by atoms with Crippen LogP contribution in [0.2, 0.25) is 5.28 Å². The molecule has 1 N–H and O–H groups in total. The van der Waals surface area contributed by atoms with Crippen LogP contribution in [0.4, 0.5) is 8.78 Å². The van der Waals surface area contributed by atoms with Gasteiger partial charge in [0.15, 0.2) is 12.1 Å². The zero-order chi connectivity index (χ0) is 14.0. The van der Waals surface area contributed by atoms with Gasteiger partial charge in [0.1, 0.15) is 11.5 Å². The summed E-state index contributed by atoms with van der Waals surface area (Å²) in [6.45, 7) is 0. The Hall–Kier alpha value is -1.63. The molecule has 1 aromatic carbocycles. The van der Waals surface area contributed by atoms with Crippen molar-refractivity contribution in [3.05, 3.63) is 46.9 Å². The van der Waals surface area contributed by atoms with E-state index in [-0.39, 0.29) is 22.1 Å². The Morgan fingerprint density at radius 3 is 2.68 bits per heavy atom. The maximum atomic E-state index is 13.8. The summed E-state index contributed by atoms with van der Waals surface area (Å²) in [5, 5.41) is 9.25. The van der Waals surface area contributed by atoms with Crippen LogP contribution >= 0.6 is 11.6 Å². The number of aliphatic hydroxyl groups is 1. The molecule has 0 amide bonds. The van der Waals surface area contributed by atoms with E-state index in [1.54, 1.807) is 0 Å². The number of hydrogen-bond donors (Lipinski definition) is 1. The van der Waals surface area contributed by atoms with Gasteiger partial charge in [-0.2, -0.15) is 0 Å². The third-order valence-electron chi connectivity index (χ3n) is 2.48. The molecule has 0 saturated carbocycles. The van der Waals surface area contributed by atoms with E-state index in [0.29, 0.717) is 0 Å². The van der Waals surface area contributed by atoms with Crippen LogP contribution < -0.4 is 0 Å². The Labute approximate surface area is 112 Å². The lowest BCUT2D eigenvalue weighted by atomic mass is 10.1. The number of ether oxygens (including phenoxy) is 1. The second kappa shape index (κ2) is 5.56. The molecule has 100 valence electrons. The van der Waals surface area contributed by atoms with Gasteiger partial charge >= 0.3 is 0 Å². The molecular weight excluding hydrogens is 278 g/mol. The van der Waals surface area contributed by atoms with Gasteiger partial charge < -0.3 is 9.84 Å². The molecule has 0 aliphatic rings. The van der Waals surface area contributed by atoms with Crippen molar-refractivity contribution >= 4 is 11.6 Å². The number of hydrogen-bond acceptors (Lipinski definition) is 4. The molecule has 2 aromatic rings. The Morgan fingerprint density at radius 1 is 1.32 bits per heavy atom. The molecule has 1 unspecified atom stereocenters. The van der Waals surface area contributed by atoms with Crippen molar-refractivity contribution in [2.75, 3.05) is 7.11 Å². The molecule has 0 saturated heterocycles. The molecule has 0 fully saturated rings. The van der Waals surface area contributed by atoms with Crippen LogP contribution in [-0.2, 0) is 4.74 Å². The third kappa shape index (κ3) is 2.86. The SMILES string of the molecule is COC(O)c1ccc(-c2nc(Cl)ncc2F)cc1F. The summed E-state index contributed by atoms with van der Waals surface area (Å²) in [5.74, 6) is -1.45. The normalized spacial score (nSPS) is 12.5. The number of aromatic nitrogens is 2. The van der Waals surface area contributed by atoms with Gasteiger partial charge in [0.05, 0.1) is 6.20 Å². The Balaban J connectivity index is 2.47. The second-order valence-corrected chi connectivity index (χ2v) is 4.00. The van der Waals surface area contributed by atoms with E-state index in [0.717, 1.165) is 12.3 Å². The van der Waals surface area contributed by atoms with Gasteiger partial charge in [-0.25, -0.2) is 18.7 Å². The molecule has 7 heteroatoms. The standard InChI is InChI=1S/C12H9ClF2N2O2/c1-19-11(18)7-3-2-6(4-8(7)14)10-9(15)5-16-12(13)17-10/h2-5,11,18H,1H3. The zero-order valence-electron chi connectivity index (χ0n) is 9.77. The molecule has 1 aromatic heterocycles. The number of halogens is 3. The predicted octanol–water partition coefficient (Wildman–Crippen LogP) is 2.71. The molecule has 0 aliphatic heterocycles. The summed E-state index contributed by atoms with van der Waals surface area (Å²) in [4.78, 5) is 7.17. The van der Waals surface area contributed by atoms with Gasteiger partial charge in [-0.05, 0) is 17.7 Å².